The first-order valence-electron chi connectivity index (χ1n) is 4.98. The van der Waals surface area contributed by atoms with Crippen LogP contribution in [-0.4, -0.2) is 49.2 Å². The van der Waals surface area contributed by atoms with E-state index in [0.29, 0.717) is 25.8 Å². The summed E-state index contributed by atoms with van der Waals surface area (Å²) in [5, 5.41) is 0. The number of carbonyl (C=O) groups excluding carboxylic acids is 3. The summed E-state index contributed by atoms with van der Waals surface area (Å²) >= 11 is 0. The van der Waals surface area contributed by atoms with Gasteiger partial charge in [0.25, 0.3) is 0 Å². The number of hydrogen-bond acceptors (Lipinski definition) is 3. The van der Waals surface area contributed by atoms with Gasteiger partial charge in [0.05, 0.1) is 0 Å². The number of unbranched alkanes of at least 4 members (excludes halogenated alkanes) is 2. The van der Waals surface area contributed by atoms with E-state index in [4.69, 9.17) is 0 Å². The van der Waals surface area contributed by atoms with Crippen molar-refractivity contribution in [2.24, 2.45) is 0 Å². The molecule has 0 heterocycles. The zero-order valence-corrected chi connectivity index (χ0v) is 9.31. The van der Waals surface area contributed by atoms with Gasteiger partial charge in [0, 0.05) is 27.1 Å². The average molecular weight is 214 g/mol. The highest BCUT2D eigenvalue weighted by Crippen LogP contribution is 2.02. The first-order valence-corrected chi connectivity index (χ1v) is 4.98. The molecular weight excluding hydrogens is 196 g/mol. The summed E-state index contributed by atoms with van der Waals surface area (Å²) in [5.41, 5.74) is 0. The number of amides is 3. The van der Waals surface area contributed by atoms with Gasteiger partial charge < -0.3 is 4.90 Å². The van der Waals surface area contributed by atoms with Crippen molar-refractivity contribution < 1.29 is 14.4 Å². The fourth-order valence-corrected chi connectivity index (χ4v) is 1.10. The fraction of sp³-hybridized carbons (Fsp3) is 0.700. The predicted molar refractivity (Wildman–Crippen MR) is 56.0 cm³/mol. The van der Waals surface area contributed by atoms with Crippen molar-refractivity contribution in [1.82, 2.24) is 9.80 Å². The van der Waals surface area contributed by atoms with Gasteiger partial charge >= 0.3 is 0 Å². The van der Waals surface area contributed by atoms with Crippen molar-refractivity contribution in [3.05, 3.63) is 0 Å². The van der Waals surface area contributed by atoms with Crippen molar-refractivity contribution in [3.8, 4) is 0 Å². The van der Waals surface area contributed by atoms with Gasteiger partial charge in [-0.1, -0.05) is 6.42 Å². The van der Waals surface area contributed by atoms with Crippen molar-refractivity contribution in [3.63, 3.8) is 0 Å². The van der Waals surface area contributed by atoms with E-state index in [0.717, 1.165) is 24.2 Å². The van der Waals surface area contributed by atoms with E-state index in [1.165, 1.54) is 0 Å². The zero-order valence-electron chi connectivity index (χ0n) is 9.31. The Hall–Kier alpha value is -1.39. The Bertz CT molecular complexity index is 209. The lowest BCUT2D eigenvalue weighted by atomic mass is 10.2. The highest BCUT2D eigenvalue weighted by atomic mass is 16.2. The van der Waals surface area contributed by atoms with E-state index in [9.17, 15) is 14.4 Å². The van der Waals surface area contributed by atoms with Crippen LogP contribution in [0.3, 0.4) is 0 Å². The highest BCUT2D eigenvalue weighted by molar-refractivity contribution is 5.75. The molecule has 0 aromatic heterocycles. The molecule has 0 aromatic rings. The van der Waals surface area contributed by atoms with Crippen LogP contribution >= 0.6 is 0 Å². The van der Waals surface area contributed by atoms with E-state index in [1.54, 1.807) is 19.0 Å². The summed E-state index contributed by atoms with van der Waals surface area (Å²) in [7, 11) is 3.45. The van der Waals surface area contributed by atoms with Gasteiger partial charge in [0.15, 0.2) is 0 Å². The molecule has 5 nitrogen and oxygen atoms in total. The summed E-state index contributed by atoms with van der Waals surface area (Å²) in [6.45, 7) is 0.434. The molecule has 0 aromatic carbocycles. The normalized spacial score (nSPS) is 9.47. The smallest absolute Gasteiger partial charge is 0.222 e. The molecule has 0 atom stereocenters. The highest BCUT2D eigenvalue weighted by Gasteiger charge is 2.03. The van der Waals surface area contributed by atoms with Gasteiger partial charge in [-0.2, -0.15) is 0 Å². The number of carbonyl (C=O) groups is 3. The molecule has 86 valence electrons. The van der Waals surface area contributed by atoms with E-state index in [1.807, 2.05) is 0 Å². The van der Waals surface area contributed by atoms with Crippen LogP contribution in [0.2, 0.25) is 0 Å². The minimum atomic E-state index is 0.109. The quantitative estimate of drug-likeness (QED) is 0.430. The lowest BCUT2D eigenvalue weighted by Gasteiger charge is -2.10. The Labute approximate surface area is 90.0 Å². The minimum absolute atomic E-state index is 0.109. The second-order valence-corrected chi connectivity index (χ2v) is 3.55. The Morgan fingerprint density at radius 2 is 1.67 bits per heavy atom. The topological polar surface area (TPSA) is 57.7 Å². The first-order chi connectivity index (χ1) is 7.11. The molecule has 0 N–H and O–H groups in total. The van der Waals surface area contributed by atoms with Crippen LogP contribution in [0.5, 0.6) is 0 Å². The van der Waals surface area contributed by atoms with Crippen molar-refractivity contribution in [2.45, 2.75) is 25.7 Å². The number of hydrogen-bond donors (Lipinski definition) is 0. The summed E-state index contributed by atoms with van der Waals surface area (Å²) in [6.07, 6.45) is 3.93. The van der Waals surface area contributed by atoms with Gasteiger partial charge in [-0.15, -0.1) is 0 Å². The van der Waals surface area contributed by atoms with E-state index in [2.05, 4.69) is 0 Å². The fourth-order valence-electron chi connectivity index (χ4n) is 1.10. The van der Waals surface area contributed by atoms with Crippen LogP contribution in [0, 0.1) is 0 Å². The average Bonchev–Trinajstić information content (AvgIpc) is 2.23. The number of imide groups is 1. The van der Waals surface area contributed by atoms with Crippen LogP contribution in [-0.2, 0) is 14.4 Å². The Morgan fingerprint density at radius 3 is 2.13 bits per heavy atom. The molecule has 3 amide bonds. The number of rotatable bonds is 8. The molecule has 0 radical (unpaired) electrons. The molecule has 0 saturated carbocycles. The SMILES string of the molecule is CN(C)C(=O)CCCCCN(C=O)C=O. The third-order valence-electron chi connectivity index (χ3n) is 2.08. The van der Waals surface area contributed by atoms with Gasteiger partial charge in [0.1, 0.15) is 0 Å². The third-order valence-corrected chi connectivity index (χ3v) is 2.08. The van der Waals surface area contributed by atoms with E-state index in [-0.39, 0.29) is 5.91 Å². The van der Waals surface area contributed by atoms with E-state index >= 15 is 0 Å². The maximum atomic E-state index is 11.2. The first kappa shape index (κ1) is 13.6. The summed E-state index contributed by atoms with van der Waals surface area (Å²) in [5.74, 6) is 0.109. The largest absolute Gasteiger partial charge is 0.349 e. The van der Waals surface area contributed by atoms with Gasteiger partial charge in [0.2, 0.25) is 18.7 Å². The molecule has 0 aliphatic heterocycles. The van der Waals surface area contributed by atoms with Crippen molar-refractivity contribution >= 4 is 18.7 Å². The Morgan fingerprint density at radius 1 is 1.07 bits per heavy atom. The second-order valence-electron chi connectivity index (χ2n) is 3.55. The summed E-state index contributed by atoms with van der Waals surface area (Å²) < 4.78 is 0. The second kappa shape index (κ2) is 7.96. The molecule has 0 aliphatic rings. The maximum absolute atomic E-state index is 11.2. The molecular formula is C10H18N2O3. The molecule has 5 heteroatoms. The van der Waals surface area contributed by atoms with Gasteiger partial charge in [-0.25, -0.2) is 0 Å². The van der Waals surface area contributed by atoms with E-state index < -0.39 is 0 Å². The molecule has 0 aliphatic carbocycles. The molecule has 0 spiro atoms. The molecule has 0 rings (SSSR count). The lowest BCUT2D eigenvalue weighted by molar-refractivity contribution is -0.130. The van der Waals surface area contributed by atoms with Crippen LogP contribution in [0.4, 0.5) is 0 Å². The maximum Gasteiger partial charge on any atom is 0.222 e. The predicted octanol–water partition coefficient (Wildman–Crippen LogP) is 0.250. The molecule has 0 unspecified atom stereocenters. The van der Waals surface area contributed by atoms with Crippen molar-refractivity contribution in [2.75, 3.05) is 20.6 Å². The lowest BCUT2D eigenvalue weighted by Crippen LogP contribution is -2.22. The van der Waals surface area contributed by atoms with Gasteiger partial charge in [-0.05, 0) is 12.8 Å². The Kier molecular flexibility index (Phi) is 7.23. The van der Waals surface area contributed by atoms with Crippen molar-refractivity contribution in [1.29, 1.82) is 0 Å². The van der Waals surface area contributed by atoms with Crippen LogP contribution in [0.25, 0.3) is 0 Å². The summed E-state index contributed by atoms with van der Waals surface area (Å²) in [6, 6.07) is 0. The third kappa shape index (κ3) is 6.65. The summed E-state index contributed by atoms with van der Waals surface area (Å²) in [4.78, 5) is 34.2. The van der Waals surface area contributed by atoms with Crippen LogP contribution in [0.15, 0.2) is 0 Å². The standard InChI is InChI=1S/C10H18N2O3/c1-11(2)10(15)6-4-3-5-7-12(8-13)9-14/h8-9H,3-7H2,1-2H3. The minimum Gasteiger partial charge on any atom is -0.349 e. The zero-order chi connectivity index (χ0) is 11.7. The monoisotopic (exact) mass is 214 g/mol. The van der Waals surface area contributed by atoms with Crippen LogP contribution < -0.4 is 0 Å². The Balaban J connectivity index is 3.43. The molecule has 0 bridgehead atoms. The number of nitrogens with zero attached hydrogens (tertiary/aromatic N) is 2. The molecule has 15 heavy (non-hydrogen) atoms. The van der Waals surface area contributed by atoms with Gasteiger partial charge in [-0.3, -0.25) is 19.3 Å². The molecule has 0 saturated heterocycles. The van der Waals surface area contributed by atoms with Crippen LogP contribution in [0.1, 0.15) is 25.7 Å². The molecule has 0 fully saturated rings.